The first-order valence-electron chi connectivity index (χ1n) is 6.12. The SMILES string of the molecule is CS(=O)(=O)c1ccc(S(=O)(=O)NC(CN)C2CC2)cn1.Cl. The largest absolute Gasteiger partial charge is 0.329 e. The number of rotatable bonds is 6. The maximum Gasteiger partial charge on any atom is 0.242 e. The number of sulfonamides is 1. The van der Waals surface area contributed by atoms with E-state index in [4.69, 9.17) is 5.73 Å². The molecule has 1 atom stereocenters. The van der Waals surface area contributed by atoms with Gasteiger partial charge in [-0.15, -0.1) is 12.4 Å². The van der Waals surface area contributed by atoms with Crippen molar-refractivity contribution in [3.63, 3.8) is 0 Å². The van der Waals surface area contributed by atoms with E-state index in [1.807, 2.05) is 0 Å². The molecule has 1 heterocycles. The lowest BCUT2D eigenvalue weighted by molar-refractivity contribution is 0.518. The Morgan fingerprint density at radius 2 is 1.95 bits per heavy atom. The molecule has 0 spiro atoms. The van der Waals surface area contributed by atoms with Gasteiger partial charge in [0, 0.05) is 25.0 Å². The number of aromatic nitrogens is 1. The monoisotopic (exact) mass is 355 g/mol. The van der Waals surface area contributed by atoms with E-state index in [0.29, 0.717) is 0 Å². The van der Waals surface area contributed by atoms with Gasteiger partial charge in [0.25, 0.3) is 0 Å². The lowest BCUT2D eigenvalue weighted by Crippen LogP contribution is -2.41. The maximum atomic E-state index is 12.1. The summed E-state index contributed by atoms with van der Waals surface area (Å²) in [7, 11) is -7.17. The summed E-state index contributed by atoms with van der Waals surface area (Å²) >= 11 is 0. The summed E-state index contributed by atoms with van der Waals surface area (Å²) in [5.41, 5.74) is 5.56. The van der Waals surface area contributed by atoms with Crippen LogP contribution in [0.4, 0.5) is 0 Å². The lowest BCUT2D eigenvalue weighted by atomic mass is 10.2. The van der Waals surface area contributed by atoms with Gasteiger partial charge in [-0.3, -0.25) is 0 Å². The molecule has 1 aliphatic rings. The minimum absolute atomic E-state index is 0. The Bertz CT molecular complexity index is 685. The third kappa shape index (κ3) is 4.62. The van der Waals surface area contributed by atoms with E-state index >= 15 is 0 Å². The van der Waals surface area contributed by atoms with Gasteiger partial charge in [-0.25, -0.2) is 26.5 Å². The summed E-state index contributed by atoms with van der Waals surface area (Å²) in [5, 5.41) is -0.158. The summed E-state index contributed by atoms with van der Waals surface area (Å²) in [6.07, 6.45) is 3.99. The zero-order chi connectivity index (χ0) is 15.0. The van der Waals surface area contributed by atoms with Crippen molar-refractivity contribution in [2.75, 3.05) is 12.8 Å². The van der Waals surface area contributed by atoms with E-state index in [9.17, 15) is 16.8 Å². The first-order chi connectivity index (χ1) is 9.24. The van der Waals surface area contributed by atoms with Crippen LogP contribution in [0.3, 0.4) is 0 Å². The minimum atomic E-state index is -3.73. The van der Waals surface area contributed by atoms with Crippen LogP contribution in [-0.4, -0.2) is 40.7 Å². The van der Waals surface area contributed by atoms with Crippen LogP contribution in [0.2, 0.25) is 0 Å². The van der Waals surface area contributed by atoms with Gasteiger partial charge in [-0.05, 0) is 30.9 Å². The van der Waals surface area contributed by atoms with E-state index in [1.165, 1.54) is 12.1 Å². The van der Waals surface area contributed by atoms with E-state index in [1.54, 1.807) is 0 Å². The fourth-order valence-electron chi connectivity index (χ4n) is 1.85. The van der Waals surface area contributed by atoms with E-state index in [2.05, 4.69) is 9.71 Å². The molecule has 0 aliphatic heterocycles. The second kappa shape index (κ2) is 6.57. The molecular weight excluding hydrogens is 338 g/mol. The fourth-order valence-corrected chi connectivity index (χ4v) is 3.67. The molecule has 2 rings (SSSR count). The zero-order valence-corrected chi connectivity index (χ0v) is 13.8. The molecule has 0 amide bonds. The van der Waals surface area contributed by atoms with Crippen LogP contribution in [0.1, 0.15) is 12.8 Å². The van der Waals surface area contributed by atoms with Crippen molar-refractivity contribution >= 4 is 32.3 Å². The molecule has 0 saturated heterocycles. The molecular formula is C11H18ClN3O4S2. The van der Waals surface area contributed by atoms with E-state index < -0.39 is 19.9 Å². The first kappa shape index (κ1) is 18.3. The van der Waals surface area contributed by atoms with E-state index in [0.717, 1.165) is 25.3 Å². The average Bonchev–Trinajstić information content (AvgIpc) is 3.19. The maximum absolute atomic E-state index is 12.1. The third-order valence-corrected chi connectivity index (χ3v) is 5.63. The number of hydrogen-bond acceptors (Lipinski definition) is 6. The van der Waals surface area contributed by atoms with Crippen LogP contribution in [0.25, 0.3) is 0 Å². The molecule has 1 unspecified atom stereocenters. The number of hydrogen-bond donors (Lipinski definition) is 2. The Labute approximate surface area is 130 Å². The fraction of sp³-hybridized carbons (Fsp3) is 0.545. The van der Waals surface area contributed by atoms with Crippen LogP contribution in [0.5, 0.6) is 0 Å². The molecule has 1 aliphatic carbocycles. The first-order valence-corrected chi connectivity index (χ1v) is 9.50. The number of halogens is 1. The quantitative estimate of drug-likeness (QED) is 0.736. The Kier molecular flexibility index (Phi) is 5.73. The predicted octanol–water partition coefficient (Wildman–Crippen LogP) is -0.0775. The van der Waals surface area contributed by atoms with Gasteiger partial charge in [0.1, 0.15) is 4.90 Å². The van der Waals surface area contributed by atoms with Crippen molar-refractivity contribution in [1.82, 2.24) is 9.71 Å². The van der Waals surface area contributed by atoms with Crippen LogP contribution in [0, 0.1) is 5.92 Å². The number of nitrogens with one attached hydrogen (secondary N) is 1. The van der Waals surface area contributed by atoms with Crippen LogP contribution in [0.15, 0.2) is 28.3 Å². The van der Waals surface area contributed by atoms with Crippen molar-refractivity contribution in [2.45, 2.75) is 28.8 Å². The summed E-state index contributed by atoms with van der Waals surface area (Å²) in [4.78, 5) is 3.61. The molecule has 0 bridgehead atoms. The van der Waals surface area contributed by atoms with Crippen molar-refractivity contribution < 1.29 is 16.8 Å². The van der Waals surface area contributed by atoms with Crippen LogP contribution < -0.4 is 10.5 Å². The second-order valence-corrected chi connectivity index (χ2v) is 8.58. The van der Waals surface area contributed by atoms with Crippen molar-refractivity contribution in [3.05, 3.63) is 18.3 Å². The van der Waals surface area contributed by atoms with Gasteiger partial charge >= 0.3 is 0 Å². The third-order valence-electron chi connectivity index (χ3n) is 3.15. The molecule has 0 radical (unpaired) electrons. The van der Waals surface area contributed by atoms with Gasteiger partial charge in [-0.1, -0.05) is 0 Å². The molecule has 7 nitrogen and oxygen atoms in total. The standard InChI is InChI=1S/C11H17N3O4S2.ClH/c1-19(15,16)11-5-4-9(7-13-11)20(17,18)14-10(6-12)8-2-3-8;/h4-5,7-8,10,14H,2-3,6,12H2,1H3;1H. The molecule has 3 N–H and O–H groups in total. The lowest BCUT2D eigenvalue weighted by Gasteiger charge is -2.16. The molecule has 21 heavy (non-hydrogen) atoms. The molecule has 1 saturated carbocycles. The van der Waals surface area contributed by atoms with Crippen molar-refractivity contribution in [3.8, 4) is 0 Å². The molecule has 1 aromatic heterocycles. The predicted molar refractivity (Wildman–Crippen MR) is 80.5 cm³/mol. The second-order valence-electron chi connectivity index (χ2n) is 4.91. The van der Waals surface area contributed by atoms with Crippen molar-refractivity contribution in [2.24, 2.45) is 11.7 Å². The highest BCUT2D eigenvalue weighted by molar-refractivity contribution is 7.90. The molecule has 1 fully saturated rings. The number of sulfone groups is 1. The smallest absolute Gasteiger partial charge is 0.242 e. The van der Waals surface area contributed by atoms with Gasteiger partial charge in [0.05, 0.1) is 0 Å². The topological polar surface area (TPSA) is 119 Å². The Morgan fingerprint density at radius 3 is 2.33 bits per heavy atom. The highest BCUT2D eigenvalue weighted by atomic mass is 35.5. The average molecular weight is 356 g/mol. The Hall–Kier alpha value is -0.740. The Morgan fingerprint density at radius 1 is 1.33 bits per heavy atom. The molecule has 120 valence electrons. The van der Waals surface area contributed by atoms with Crippen molar-refractivity contribution in [1.29, 1.82) is 0 Å². The molecule has 10 heteroatoms. The van der Waals surface area contributed by atoms with Gasteiger partial charge in [-0.2, -0.15) is 0 Å². The van der Waals surface area contributed by atoms with Gasteiger partial charge in [0.15, 0.2) is 14.9 Å². The van der Waals surface area contributed by atoms with Gasteiger partial charge in [0.2, 0.25) is 10.0 Å². The summed E-state index contributed by atoms with van der Waals surface area (Å²) < 4.78 is 49.4. The molecule has 1 aromatic rings. The Balaban J connectivity index is 0.00000220. The highest BCUT2D eigenvalue weighted by Crippen LogP contribution is 2.32. The highest BCUT2D eigenvalue weighted by Gasteiger charge is 2.33. The van der Waals surface area contributed by atoms with E-state index in [-0.39, 0.29) is 40.8 Å². The number of pyridine rings is 1. The summed E-state index contributed by atoms with van der Waals surface area (Å²) in [6.45, 7) is 0.235. The normalized spacial score (nSPS) is 17.0. The minimum Gasteiger partial charge on any atom is -0.329 e. The number of nitrogens with zero attached hydrogens (tertiary/aromatic N) is 1. The number of nitrogens with two attached hydrogens (primary N) is 1. The zero-order valence-electron chi connectivity index (χ0n) is 11.4. The molecule has 0 aromatic carbocycles. The van der Waals surface area contributed by atoms with Crippen LogP contribution >= 0.6 is 12.4 Å². The van der Waals surface area contributed by atoms with Crippen LogP contribution in [-0.2, 0) is 19.9 Å². The summed E-state index contributed by atoms with van der Waals surface area (Å²) in [6, 6.07) is 2.12. The summed E-state index contributed by atoms with van der Waals surface area (Å²) in [5.74, 6) is 0.290. The van der Waals surface area contributed by atoms with Gasteiger partial charge < -0.3 is 5.73 Å².